The van der Waals surface area contributed by atoms with E-state index in [4.69, 9.17) is 16.3 Å². The van der Waals surface area contributed by atoms with Crippen molar-refractivity contribution >= 4 is 17.6 Å². The quantitative estimate of drug-likeness (QED) is 0.395. The van der Waals surface area contributed by atoms with Crippen LogP contribution in [-0.4, -0.2) is 28.6 Å². The van der Waals surface area contributed by atoms with Crippen LogP contribution in [0.25, 0.3) is 11.1 Å². The van der Waals surface area contributed by atoms with E-state index in [0.29, 0.717) is 24.6 Å². The van der Waals surface area contributed by atoms with Gasteiger partial charge in [0.25, 0.3) is 0 Å². The first-order valence-electron chi connectivity index (χ1n) is 12.6. The van der Waals surface area contributed by atoms with E-state index in [2.05, 4.69) is 54.3 Å². The molecule has 1 N–H and O–H groups in total. The van der Waals surface area contributed by atoms with Crippen LogP contribution < -0.4 is 4.74 Å². The first kappa shape index (κ1) is 23.9. The monoisotopic (exact) mass is 489 g/mol. The Kier molecular flexibility index (Phi) is 7.12. The van der Waals surface area contributed by atoms with Gasteiger partial charge in [-0.15, -0.1) is 0 Å². The number of carbonyl (C=O) groups is 1. The highest BCUT2D eigenvalue weighted by molar-refractivity contribution is 6.32. The van der Waals surface area contributed by atoms with Gasteiger partial charge in [-0.1, -0.05) is 66.6 Å². The van der Waals surface area contributed by atoms with Crippen LogP contribution in [0.2, 0.25) is 5.02 Å². The van der Waals surface area contributed by atoms with Gasteiger partial charge in [0.15, 0.2) is 0 Å². The number of hydrogen-bond donors (Lipinski definition) is 1. The van der Waals surface area contributed by atoms with Crippen molar-refractivity contribution in [1.29, 1.82) is 0 Å². The molecule has 1 aliphatic heterocycles. The van der Waals surface area contributed by atoms with Gasteiger partial charge in [0.1, 0.15) is 18.4 Å². The fraction of sp³-hybridized carbons (Fsp3) is 0.367. The molecule has 3 aromatic carbocycles. The van der Waals surface area contributed by atoms with E-state index in [9.17, 15) is 9.90 Å². The number of benzene rings is 3. The molecule has 2 aliphatic rings. The lowest BCUT2D eigenvalue weighted by Crippen LogP contribution is -2.44. The first-order valence-corrected chi connectivity index (χ1v) is 13.0. The number of rotatable bonds is 7. The van der Waals surface area contributed by atoms with Gasteiger partial charge in [0, 0.05) is 6.54 Å². The lowest BCUT2D eigenvalue weighted by Gasteiger charge is -2.33. The van der Waals surface area contributed by atoms with Crippen molar-refractivity contribution in [3.8, 4) is 16.9 Å². The third-order valence-electron chi connectivity index (χ3n) is 7.57. The SMILES string of the molecule is Cc1c(COc2c(Cl)cc(CN3CCCC[C@H]3C(=O)O)c3c2CCC3)cccc1-c1ccccc1. The van der Waals surface area contributed by atoms with E-state index >= 15 is 0 Å². The number of ether oxygens (including phenoxy) is 1. The second-order valence-corrected chi connectivity index (χ2v) is 10.1. The molecule has 1 heterocycles. The molecule has 5 rings (SSSR count). The Morgan fingerprint density at radius 3 is 2.63 bits per heavy atom. The van der Waals surface area contributed by atoms with E-state index in [0.717, 1.165) is 55.5 Å². The second kappa shape index (κ2) is 10.4. The van der Waals surface area contributed by atoms with Gasteiger partial charge in [0.05, 0.1) is 5.02 Å². The van der Waals surface area contributed by atoms with Gasteiger partial charge in [-0.3, -0.25) is 9.69 Å². The minimum Gasteiger partial charge on any atom is -0.487 e. The number of carboxylic acids is 1. The predicted molar refractivity (Wildman–Crippen MR) is 140 cm³/mol. The zero-order valence-electron chi connectivity index (χ0n) is 20.2. The van der Waals surface area contributed by atoms with Crippen molar-refractivity contribution in [3.05, 3.63) is 87.4 Å². The average molecular weight is 490 g/mol. The van der Waals surface area contributed by atoms with E-state index < -0.39 is 12.0 Å². The summed E-state index contributed by atoms with van der Waals surface area (Å²) in [6.07, 6.45) is 5.75. The molecule has 1 atom stereocenters. The van der Waals surface area contributed by atoms with Crippen LogP contribution in [0.3, 0.4) is 0 Å². The van der Waals surface area contributed by atoms with Crippen LogP contribution in [0.4, 0.5) is 0 Å². The Labute approximate surface area is 212 Å². The molecule has 0 saturated carbocycles. The molecule has 5 heteroatoms. The van der Waals surface area contributed by atoms with Crippen molar-refractivity contribution in [2.45, 2.75) is 64.6 Å². The molecule has 4 nitrogen and oxygen atoms in total. The van der Waals surface area contributed by atoms with E-state index in [1.807, 2.05) is 12.1 Å². The van der Waals surface area contributed by atoms with E-state index in [1.165, 1.54) is 27.8 Å². The Balaban J connectivity index is 1.39. The second-order valence-electron chi connectivity index (χ2n) is 9.72. The first-order chi connectivity index (χ1) is 17.0. The number of fused-ring (bicyclic) bond motifs is 1. The molecule has 3 aromatic rings. The minimum atomic E-state index is -0.722. The maximum absolute atomic E-state index is 11.8. The summed E-state index contributed by atoms with van der Waals surface area (Å²) in [5.74, 6) is 0.0707. The summed E-state index contributed by atoms with van der Waals surface area (Å²) in [6, 6.07) is 18.4. The van der Waals surface area contributed by atoms with Crippen LogP contribution in [0.15, 0.2) is 54.6 Å². The Morgan fingerprint density at radius 2 is 1.83 bits per heavy atom. The fourth-order valence-corrected chi connectivity index (χ4v) is 5.99. The zero-order chi connectivity index (χ0) is 24.4. The summed E-state index contributed by atoms with van der Waals surface area (Å²) in [5, 5.41) is 10.3. The lowest BCUT2D eigenvalue weighted by atomic mass is 9.96. The molecule has 1 fully saturated rings. The van der Waals surface area contributed by atoms with Crippen molar-refractivity contribution in [2.75, 3.05) is 6.54 Å². The fourth-order valence-electron chi connectivity index (χ4n) is 5.69. The van der Waals surface area contributed by atoms with E-state index in [1.54, 1.807) is 0 Å². The third-order valence-corrected chi connectivity index (χ3v) is 7.85. The van der Waals surface area contributed by atoms with Crippen LogP contribution >= 0.6 is 11.6 Å². The molecule has 182 valence electrons. The number of piperidine rings is 1. The Hall–Kier alpha value is -2.82. The number of likely N-dealkylation sites (tertiary alicyclic amines) is 1. The van der Waals surface area contributed by atoms with Crippen LogP contribution in [0.1, 0.15) is 53.5 Å². The molecule has 1 saturated heterocycles. The average Bonchev–Trinajstić information content (AvgIpc) is 3.35. The number of nitrogens with zero attached hydrogens (tertiary/aromatic N) is 1. The van der Waals surface area contributed by atoms with Crippen LogP contribution in [0, 0.1) is 6.92 Å². The smallest absolute Gasteiger partial charge is 0.320 e. The third kappa shape index (κ3) is 4.96. The maximum atomic E-state index is 11.8. The predicted octanol–water partition coefficient (Wildman–Crippen LogP) is 6.82. The number of hydrogen-bond acceptors (Lipinski definition) is 3. The molecular weight excluding hydrogens is 458 g/mol. The molecular formula is C30H32ClNO3. The van der Waals surface area contributed by atoms with Crippen LogP contribution in [-0.2, 0) is 30.8 Å². The van der Waals surface area contributed by atoms with Crippen molar-refractivity contribution in [3.63, 3.8) is 0 Å². The van der Waals surface area contributed by atoms with Gasteiger partial charge >= 0.3 is 5.97 Å². The minimum absolute atomic E-state index is 0.407. The largest absolute Gasteiger partial charge is 0.487 e. The number of carboxylic acid groups (broad SMARTS) is 1. The molecule has 0 amide bonds. The highest BCUT2D eigenvalue weighted by Crippen LogP contribution is 2.40. The number of aliphatic carboxylic acids is 1. The lowest BCUT2D eigenvalue weighted by molar-refractivity contribution is -0.144. The van der Waals surface area contributed by atoms with Gasteiger partial charge < -0.3 is 9.84 Å². The van der Waals surface area contributed by atoms with E-state index in [-0.39, 0.29) is 0 Å². The summed E-state index contributed by atoms with van der Waals surface area (Å²) in [4.78, 5) is 13.9. The molecule has 35 heavy (non-hydrogen) atoms. The Bertz CT molecular complexity index is 1220. The molecule has 0 radical (unpaired) electrons. The standard InChI is InChI=1S/C30H32ClNO3/c1-20-22(11-7-12-24(20)21-9-3-2-4-10-21)19-35-29-26-14-8-13-25(26)23(17-27(29)31)18-32-16-6-5-15-28(32)30(33)34/h2-4,7,9-12,17,28H,5-6,8,13-16,18-19H2,1H3,(H,33,34)/t28-/m0/s1. The van der Waals surface area contributed by atoms with Crippen molar-refractivity contribution in [1.82, 2.24) is 4.90 Å². The number of halogens is 1. The topological polar surface area (TPSA) is 49.8 Å². The molecule has 0 spiro atoms. The normalized spacial score (nSPS) is 17.8. The summed E-state index contributed by atoms with van der Waals surface area (Å²) in [7, 11) is 0. The summed E-state index contributed by atoms with van der Waals surface area (Å²) < 4.78 is 6.40. The maximum Gasteiger partial charge on any atom is 0.320 e. The highest BCUT2D eigenvalue weighted by atomic mass is 35.5. The zero-order valence-corrected chi connectivity index (χ0v) is 21.0. The van der Waals surface area contributed by atoms with Gasteiger partial charge in [-0.25, -0.2) is 0 Å². The van der Waals surface area contributed by atoms with Crippen molar-refractivity contribution in [2.24, 2.45) is 0 Å². The summed E-state index contributed by atoms with van der Waals surface area (Å²) in [5.41, 5.74) is 8.44. The molecule has 0 bridgehead atoms. The summed E-state index contributed by atoms with van der Waals surface area (Å²) in [6.45, 7) is 4.06. The van der Waals surface area contributed by atoms with Crippen LogP contribution in [0.5, 0.6) is 5.75 Å². The molecule has 0 unspecified atom stereocenters. The Morgan fingerprint density at radius 1 is 1.03 bits per heavy atom. The summed E-state index contributed by atoms with van der Waals surface area (Å²) >= 11 is 6.80. The van der Waals surface area contributed by atoms with Gasteiger partial charge in [-0.2, -0.15) is 0 Å². The molecule has 0 aromatic heterocycles. The van der Waals surface area contributed by atoms with Gasteiger partial charge in [-0.05, 0) is 90.6 Å². The van der Waals surface area contributed by atoms with Crippen molar-refractivity contribution < 1.29 is 14.6 Å². The highest BCUT2D eigenvalue weighted by Gasteiger charge is 2.30. The molecule has 1 aliphatic carbocycles. The van der Waals surface area contributed by atoms with Gasteiger partial charge in [0.2, 0.25) is 0 Å².